The third kappa shape index (κ3) is 4.26. The van der Waals surface area contributed by atoms with Crippen molar-refractivity contribution >= 4 is 12.1 Å². The molecule has 6 nitrogen and oxygen atoms in total. The van der Waals surface area contributed by atoms with E-state index in [-0.39, 0.29) is 30.2 Å². The summed E-state index contributed by atoms with van der Waals surface area (Å²) in [7, 11) is 1.37. The minimum absolute atomic E-state index is 0.0523. The number of esters is 1. The highest BCUT2D eigenvalue weighted by molar-refractivity contribution is 5.70. The molecule has 5 fully saturated rings. The van der Waals surface area contributed by atoms with E-state index in [0.29, 0.717) is 31.5 Å². The molecule has 0 radical (unpaired) electrons. The Morgan fingerprint density at radius 2 is 1.59 bits per heavy atom. The number of hydrogen-bond acceptors (Lipinski definition) is 5. The summed E-state index contributed by atoms with van der Waals surface area (Å²) in [6, 6.07) is 10.3. The average molecular weight is 442 g/mol. The lowest BCUT2D eigenvalue weighted by Gasteiger charge is -2.53. The zero-order valence-corrected chi connectivity index (χ0v) is 19.0. The second kappa shape index (κ2) is 9.05. The number of rotatable bonds is 6. The summed E-state index contributed by atoms with van der Waals surface area (Å²) in [6.07, 6.45) is 7.96. The molecule has 0 unspecified atom stereocenters. The highest BCUT2D eigenvalue weighted by Crippen LogP contribution is 2.54. The predicted octanol–water partition coefficient (Wildman–Crippen LogP) is 4.17. The fourth-order valence-corrected chi connectivity index (χ4v) is 7.07. The highest BCUT2D eigenvalue weighted by atomic mass is 16.6. The molecule has 0 N–H and O–H groups in total. The molecule has 1 heterocycles. The van der Waals surface area contributed by atoms with E-state index in [2.05, 4.69) is 12.1 Å². The van der Waals surface area contributed by atoms with Crippen LogP contribution in [-0.2, 0) is 24.4 Å². The summed E-state index contributed by atoms with van der Waals surface area (Å²) in [6.45, 7) is 1.67. The van der Waals surface area contributed by atoms with Crippen molar-refractivity contribution in [3.63, 3.8) is 0 Å². The normalized spacial score (nSPS) is 32.5. The fraction of sp³-hybridized carbons (Fsp3) is 0.692. The molecule has 4 aliphatic carbocycles. The zero-order valence-electron chi connectivity index (χ0n) is 19.0. The quantitative estimate of drug-likeness (QED) is 0.620. The molecule has 1 aliphatic heterocycles. The number of piperidine rings is 1. The first-order chi connectivity index (χ1) is 15.6. The van der Waals surface area contributed by atoms with Crippen LogP contribution in [-0.4, -0.2) is 56.5 Å². The molecule has 1 amide bonds. The maximum Gasteiger partial charge on any atom is 0.410 e. The van der Waals surface area contributed by atoms with E-state index in [1.165, 1.54) is 44.8 Å². The number of methoxy groups -OCH3 is 1. The standard InChI is InChI=1S/C26H35NO5/c1-30-23(28)16-31-17-26(22-5-3-2-4-6-22)7-9-27(10-8-26)25(29)32-24-20-12-18-11-19(14-20)15-21(24)13-18/h2-6,18-21,24H,7-17H2,1H3. The van der Waals surface area contributed by atoms with Crippen LogP contribution < -0.4 is 0 Å². The van der Waals surface area contributed by atoms with Crippen molar-refractivity contribution < 1.29 is 23.8 Å². The molecule has 4 bridgehead atoms. The van der Waals surface area contributed by atoms with Crippen molar-refractivity contribution in [3.8, 4) is 0 Å². The summed E-state index contributed by atoms with van der Waals surface area (Å²) < 4.78 is 16.6. The van der Waals surface area contributed by atoms with Crippen molar-refractivity contribution in [3.05, 3.63) is 35.9 Å². The van der Waals surface area contributed by atoms with E-state index in [9.17, 15) is 9.59 Å². The molecule has 0 spiro atoms. The summed E-state index contributed by atoms with van der Waals surface area (Å²) >= 11 is 0. The Kier molecular flexibility index (Phi) is 6.15. The van der Waals surface area contributed by atoms with E-state index < -0.39 is 0 Å². The molecule has 6 heteroatoms. The van der Waals surface area contributed by atoms with Gasteiger partial charge in [-0.05, 0) is 74.2 Å². The number of carbonyl (C=O) groups excluding carboxylic acids is 2. The second-order valence-corrected chi connectivity index (χ2v) is 10.5. The van der Waals surface area contributed by atoms with Crippen molar-refractivity contribution in [2.75, 3.05) is 33.4 Å². The van der Waals surface area contributed by atoms with Gasteiger partial charge in [0.15, 0.2) is 0 Å². The van der Waals surface area contributed by atoms with Gasteiger partial charge in [0.2, 0.25) is 0 Å². The van der Waals surface area contributed by atoms with Gasteiger partial charge >= 0.3 is 12.1 Å². The number of hydrogen-bond donors (Lipinski definition) is 0. The van der Waals surface area contributed by atoms with Crippen LogP contribution in [0.25, 0.3) is 0 Å². The predicted molar refractivity (Wildman–Crippen MR) is 119 cm³/mol. The van der Waals surface area contributed by atoms with Gasteiger partial charge in [0.25, 0.3) is 0 Å². The van der Waals surface area contributed by atoms with E-state index in [4.69, 9.17) is 14.2 Å². The fourth-order valence-electron chi connectivity index (χ4n) is 7.07. The molecule has 4 saturated carbocycles. The van der Waals surface area contributed by atoms with Crippen LogP contribution in [0, 0.1) is 23.7 Å². The highest BCUT2D eigenvalue weighted by Gasteiger charge is 2.50. The van der Waals surface area contributed by atoms with E-state index in [1.807, 2.05) is 23.1 Å². The van der Waals surface area contributed by atoms with Crippen LogP contribution >= 0.6 is 0 Å². The Morgan fingerprint density at radius 3 is 2.19 bits per heavy atom. The van der Waals surface area contributed by atoms with Crippen molar-refractivity contribution in [1.29, 1.82) is 0 Å². The van der Waals surface area contributed by atoms with Crippen molar-refractivity contribution in [1.82, 2.24) is 4.90 Å². The van der Waals surface area contributed by atoms with Gasteiger partial charge in [0.1, 0.15) is 12.7 Å². The van der Waals surface area contributed by atoms with Crippen LogP contribution in [0.4, 0.5) is 4.79 Å². The van der Waals surface area contributed by atoms with Gasteiger partial charge < -0.3 is 19.1 Å². The average Bonchev–Trinajstić information content (AvgIpc) is 2.81. The largest absolute Gasteiger partial charge is 0.467 e. The smallest absolute Gasteiger partial charge is 0.410 e. The van der Waals surface area contributed by atoms with Crippen LogP contribution in [0.2, 0.25) is 0 Å². The number of ether oxygens (including phenoxy) is 3. The Morgan fingerprint density at radius 1 is 0.969 bits per heavy atom. The Hall–Kier alpha value is -2.08. The first-order valence-electron chi connectivity index (χ1n) is 12.2. The van der Waals surface area contributed by atoms with Gasteiger partial charge in [-0.15, -0.1) is 0 Å². The summed E-state index contributed by atoms with van der Waals surface area (Å²) in [5.41, 5.74) is 0.980. The lowest BCUT2D eigenvalue weighted by atomic mass is 9.55. The Labute approximate surface area is 190 Å². The molecular formula is C26H35NO5. The molecule has 1 aromatic carbocycles. The number of carbonyl (C=O) groups is 2. The van der Waals surface area contributed by atoms with Gasteiger partial charge in [0.05, 0.1) is 13.7 Å². The third-order valence-electron chi connectivity index (χ3n) is 8.57. The lowest BCUT2D eigenvalue weighted by Crippen LogP contribution is -2.53. The Bertz CT molecular complexity index is 789. The number of nitrogens with zero attached hydrogens (tertiary/aromatic N) is 1. The van der Waals surface area contributed by atoms with Crippen molar-refractivity contribution in [2.24, 2.45) is 23.7 Å². The third-order valence-corrected chi connectivity index (χ3v) is 8.57. The van der Waals surface area contributed by atoms with Crippen LogP contribution in [0.15, 0.2) is 30.3 Å². The van der Waals surface area contributed by atoms with E-state index in [1.54, 1.807) is 0 Å². The maximum absolute atomic E-state index is 13.1. The molecule has 174 valence electrons. The van der Waals surface area contributed by atoms with Gasteiger partial charge in [-0.3, -0.25) is 0 Å². The molecule has 0 atom stereocenters. The minimum atomic E-state index is -0.370. The summed E-state index contributed by atoms with van der Waals surface area (Å²) in [5.74, 6) is 2.54. The maximum atomic E-state index is 13.1. The van der Waals surface area contributed by atoms with E-state index in [0.717, 1.165) is 24.7 Å². The van der Waals surface area contributed by atoms with E-state index >= 15 is 0 Å². The molecule has 1 aromatic rings. The summed E-state index contributed by atoms with van der Waals surface area (Å²) in [4.78, 5) is 26.5. The van der Waals surface area contributed by atoms with Crippen LogP contribution in [0.1, 0.15) is 50.5 Å². The zero-order chi connectivity index (χ0) is 22.1. The summed E-state index contributed by atoms with van der Waals surface area (Å²) in [5, 5.41) is 0. The van der Waals surface area contributed by atoms with Gasteiger partial charge in [0, 0.05) is 18.5 Å². The minimum Gasteiger partial charge on any atom is -0.467 e. The first kappa shape index (κ1) is 21.7. The first-order valence-corrected chi connectivity index (χ1v) is 12.2. The SMILES string of the molecule is COC(=O)COCC1(c2ccccc2)CCN(C(=O)OC2C3CC4CC(C3)CC2C4)CC1. The Balaban J connectivity index is 1.21. The number of amides is 1. The number of benzene rings is 1. The number of likely N-dealkylation sites (tertiary alicyclic amines) is 1. The van der Waals surface area contributed by atoms with Gasteiger partial charge in [-0.1, -0.05) is 30.3 Å². The topological polar surface area (TPSA) is 65.1 Å². The second-order valence-electron chi connectivity index (χ2n) is 10.5. The van der Waals surface area contributed by atoms with Crippen molar-refractivity contribution in [2.45, 2.75) is 56.5 Å². The molecule has 32 heavy (non-hydrogen) atoms. The lowest BCUT2D eigenvalue weighted by molar-refractivity contribution is -0.146. The molecular weight excluding hydrogens is 406 g/mol. The molecule has 6 rings (SSSR count). The molecule has 0 aromatic heterocycles. The monoisotopic (exact) mass is 441 g/mol. The van der Waals surface area contributed by atoms with Crippen LogP contribution in [0.3, 0.4) is 0 Å². The van der Waals surface area contributed by atoms with Gasteiger partial charge in [-0.2, -0.15) is 0 Å². The van der Waals surface area contributed by atoms with Crippen LogP contribution in [0.5, 0.6) is 0 Å². The molecule has 1 saturated heterocycles. The molecule has 5 aliphatic rings. The van der Waals surface area contributed by atoms with Gasteiger partial charge in [-0.25, -0.2) is 9.59 Å².